The summed E-state index contributed by atoms with van der Waals surface area (Å²) in [5.41, 5.74) is 0. The van der Waals surface area contributed by atoms with E-state index in [4.69, 9.17) is 18.5 Å². The molecule has 422 valence electrons. The maximum absolute atomic E-state index is 12.7. The SMILES string of the molecule is CC/C=C\C/C=C\C/C=C\CCCCCC(=O)OC(COC(=O)CCCCCCCCCCCCCCCCCCCCCCCCC/C=C\CCCCCCCCCC)COP(=O)(O)OCC[N+](C)(C)C. The van der Waals surface area contributed by atoms with Crippen LogP contribution in [0.5, 0.6) is 0 Å². The molecule has 10 heteroatoms. The van der Waals surface area contributed by atoms with E-state index in [-0.39, 0.29) is 32.0 Å². The Bertz CT molecular complexity index is 1360. The summed E-state index contributed by atoms with van der Waals surface area (Å²) in [7, 11) is 1.46. The first-order valence-corrected chi connectivity index (χ1v) is 31.9. The van der Waals surface area contributed by atoms with E-state index in [9.17, 15) is 19.0 Å². The average molecular weight is 1040 g/mol. The second-order valence-corrected chi connectivity index (χ2v) is 23.2. The van der Waals surface area contributed by atoms with Crippen molar-refractivity contribution in [3.05, 3.63) is 48.6 Å². The summed E-state index contributed by atoms with van der Waals surface area (Å²) in [6, 6.07) is 0. The summed E-state index contributed by atoms with van der Waals surface area (Å²) in [6.45, 7) is 4.30. The first-order chi connectivity index (χ1) is 35.0. The minimum atomic E-state index is -4.39. The molecule has 0 aliphatic carbocycles. The second-order valence-electron chi connectivity index (χ2n) is 21.7. The number of likely N-dealkylation sites (N-methyl/N-ethyl adjacent to an activating group) is 1. The Hall–Kier alpha value is -2.03. The van der Waals surface area contributed by atoms with E-state index in [0.29, 0.717) is 17.4 Å². The van der Waals surface area contributed by atoms with Gasteiger partial charge in [-0.15, -0.1) is 0 Å². The molecular formula is C62H117NO8P+. The van der Waals surface area contributed by atoms with Crippen molar-refractivity contribution in [2.24, 2.45) is 0 Å². The number of carbonyl (C=O) groups excluding carboxylic acids is 2. The minimum absolute atomic E-state index is 0.0260. The lowest BCUT2D eigenvalue weighted by Gasteiger charge is -2.24. The molecule has 2 atom stereocenters. The van der Waals surface area contributed by atoms with Gasteiger partial charge in [-0.05, 0) is 70.6 Å². The Morgan fingerprint density at radius 1 is 0.444 bits per heavy atom. The molecule has 0 spiro atoms. The summed E-state index contributed by atoms with van der Waals surface area (Å²) in [5.74, 6) is -0.823. The Kier molecular flexibility index (Phi) is 52.3. The topological polar surface area (TPSA) is 108 Å². The maximum Gasteiger partial charge on any atom is 0.472 e. The van der Waals surface area contributed by atoms with Crippen molar-refractivity contribution >= 4 is 19.8 Å². The monoisotopic (exact) mass is 1030 g/mol. The molecule has 9 nitrogen and oxygen atoms in total. The van der Waals surface area contributed by atoms with Crippen molar-refractivity contribution in [3.8, 4) is 0 Å². The van der Waals surface area contributed by atoms with E-state index in [2.05, 4.69) is 62.5 Å². The van der Waals surface area contributed by atoms with Crippen LogP contribution in [0.3, 0.4) is 0 Å². The molecule has 0 aromatic rings. The van der Waals surface area contributed by atoms with Crippen molar-refractivity contribution in [3.63, 3.8) is 0 Å². The maximum atomic E-state index is 12.7. The highest BCUT2D eigenvalue weighted by molar-refractivity contribution is 7.47. The van der Waals surface area contributed by atoms with Crippen LogP contribution < -0.4 is 0 Å². The molecule has 0 bridgehead atoms. The van der Waals surface area contributed by atoms with E-state index >= 15 is 0 Å². The van der Waals surface area contributed by atoms with Gasteiger partial charge in [-0.1, -0.05) is 249 Å². The quantitative estimate of drug-likeness (QED) is 0.0211. The number of hydrogen-bond acceptors (Lipinski definition) is 7. The van der Waals surface area contributed by atoms with Crippen LogP contribution >= 0.6 is 7.82 Å². The van der Waals surface area contributed by atoms with Gasteiger partial charge in [0.2, 0.25) is 0 Å². The van der Waals surface area contributed by atoms with E-state index < -0.39 is 26.5 Å². The molecule has 0 aromatic heterocycles. The Morgan fingerprint density at radius 2 is 0.792 bits per heavy atom. The van der Waals surface area contributed by atoms with Crippen LogP contribution in [0.4, 0.5) is 0 Å². The van der Waals surface area contributed by atoms with Crippen molar-refractivity contribution in [1.29, 1.82) is 0 Å². The number of hydrogen-bond donors (Lipinski definition) is 1. The lowest BCUT2D eigenvalue weighted by atomic mass is 10.0. The van der Waals surface area contributed by atoms with Crippen molar-refractivity contribution < 1.29 is 42.1 Å². The van der Waals surface area contributed by atoms with Crippen LogP contribution in [0.15, 0.2) is 48.6 Å². The molecule has 0 radical (unpaired) electrons. The fraction of sp³-hybridized carbons (Fsp3) is 0.839. The third kappa shape index (κ3) is 57.3. The largest absolute Gasteiger partial charge is 0.472 e. The highest BCUT2D eigenvalue weighted by Crippen LogP contribution is 2.43. The highest BCUT2D eigenvalue weighted by Gasteiger charge is 2.27. The highest BCUT2D eigenvalue weighted by atomic mass is 31.2. The number of rotatable bonds is 56. The van der Waals surface area contributed by atoms with Gasteiger partial charge in [-0.3, -0.25) is 18.6 Å². The standard InChI is InChI=1S/C62H116NO8P/c1-6-8-10-12-14-16-18-20-21-22-23-24-25-26-27-28-29-30-31-32-33-34-35-36-37-38-39-40-41-43-44-46-48-50-52-54-61(64)68-58-60(59-70-72(66,67)69-57-56-63(3,4)5)71-62(65)55-53-51-49-47-45-42-19-17-15-13-11-9-7-2/h9,11,15,17,22-23,42,45,60H,6-8,10,12-14,16,18-21,24-41,43-44,46-59H2,1-5H3/p+1/b11-9-,17-15-,23-22-,45-42-. The number of nitrogens with zero attached hydrogens (tertiary/aromatic N) is 1. The lowest BCUT2D eigenvalue weighted by molar-refractivity contribution is -0.870. The number of quaternary nitrogens is 1. The molecule has 0 aliphatic heterocycles. The lowest BCUT2D eigenvalue weighted by Crippen LogP contribution is -2.37. The van der Waals surface area contributed by atoms with Gasteiger partial charge >= 0.3 is 19.8 Å². The van der Waals surface area contributed by atoms with Gasteiger partial charge in [0, 0.05) is 12.8 Å². The van der Waals surface area contributed by atoms with Gasteiger partial charge in [-0.2, -0.15) is 0 Å². The summed E-state index contributed by atoms with van der Waals surface area (Å²) in [5, 5.41) is 0. The number of unbranched alkanes of at least 4 members (excludes halogenated alkanes) is 34. The third-order valence-electron chi connectivity index (χ3n) is 13.3. The molecule has 0 saturated heterocycles. The third-order valence-corrected chi connectivity index (χ3v) is 14.3. The molecule has 0 fully saturated rings. The summed E-state index contributed by atoms with van der Waals surface area (Å²) >= 11 is 0. The molecule has 0 aromatic carbocycles. The van der Waals surface area contributed by atoms with Gasteiger partial charge < -0.3 is 18.9 Å². The van der Waals surface area contributed by atoms with Crippen LogP contribution in [0.25, 0.3) is 0 Å². The Labute approximate surface area is 445 Å². The van der Waals surface area contributed by atoms with Crippen LogP contribution in [0.2, 0.25) is 0 Å². The molecule has 2 unspecified atom stereocenters. The molecule has 0 heterocycles. The summed E-state index contributed by atoms with van der Waals surface area (Å²) in [4.78, 5) is 35.6. The minimum Gasteiger partial charge on any atom is -0.462 e. The van der Waals surface area contributed by atoms with Crippen molar-refractivity contribution in [1.82, 2.24) is 0 Å². The molecule has 0 aliphatic rings. The smallest absolute Gasteiger partial charge is 0.462 e. The first kappa shape index (κ1) is 70.0. The van der Waals surface area contributed by atoms with E-state index in [1.54, 1.807) is 0 Å². The van der Waals surface area contributed by atoms with Crippen LogP contribution in [-0.2, 0) is 32.7 Å². The normalized spacial score (nSPS) is 13.6. The van der Waals surface area contributed by atoms with Crippen LogP contribution in [0.1, 0.15) is 284 Å². The van der Waals surface area contributed by atoms with E-state index in [1.165, 1.54) is 193 Å². The van der Waals surface area contributed by atoms with E-state index in [1.807, 2.05) is 21.1 Å². The fourth-order valence-electron chi connectivity index (χ4n) is 8.67. The van der Waals surface area contributed by atoms with E-state index in [0.717, 1.165) is 57.8 Å². The van der Waals surface area contributed by atoms with Gasteiger partial charge in [-0.25, -0.2) is 4.57 Å². The van der Waals surface area contributed by atoms with Gasteiger partial charge in [0.1, 0.15) is 19.8 Å². The number of esters is 2. The number of phosphoric acid groups is 1. The molecular weight excluding hydrogens is 918 g/mol. The Balaban J connectivity index is 3.92. The number of carbonyl (C=O) groups is 2. The average Bonchev–Trinajstić information content (AvgIpc) is 3.34. The zero-order valence-electron chi connectivity index (χ0n) is 47.9. The predicted octanol–water partition coefficient (Wildman–Crippen LogP) is 18.9. The molecule has 72 heavy (non-hydrogen) atoms. The molecule has 1 N–H and O–H groups in total. The summed E-state index contributed by atoms with van der Waals surface area (Å²) < 4.78 is 34.5. The van der Waals surface area contributed by atoms with Crippen molar-refractivity contribution in [2.45, 2.75) is 290 Å². The zero-order chi connectivity index (χ0) is 52.7. The second kappa shape index (κ2) is 53.8. The first-order valence-electron chi connectivity index (χ1n) is 30.4. The number of allylic oxidation sites excluding steroid dienone is 8. The fourth-order valence-corrected chi connectivity index (χ4v) is 9.42. The zero-order valence-corrected chi connectivity index (χ0v) is 48.8. The van der Waals surface area contributed by atoms with Gasteiger partial charge in [0.15, 0.2) is 6.10 Å². The molecule has 0 rings (SSSR count). The summed E-state index contributed by atoms with van der Waals surface area (Å²) in [6.07, 6.45) is 68.0. The van der Waals surface area contributed by atoms with Crippen LogP contribution in [0, 0.1) is 0 Å². The molecule has 0 saturated carbocycles. The number of phosphoric ester groups is 1. The Morgan fingerprint density at radius 3 is 1.21 bits per heavy atom. The van der Waals surface area contributed by atoms with Crippen molar-refractivity contribution in [2.75, 3.05) is 47.5 Å². The predicted molar refractivity (Wildman–Crippen MR) is 307 cm³/mol. The molecule has 0 amide bonds. The number of ether oxygens (including phenoxy) is 2. The van der Waals surface area contributed by atoms with Gasteiger partial charge in [0.05, 0.1) is 27.7 Å². The van der Waals surface area contributed by atoms with Crippen LogP contribution in [-0.4, -0.2) is 74.9 Å². The van der Waals surface area contributed by atoms with Gasteiger partial charge in [0.25, 0.3) is 0 Å².